The fraction of sp³-hybridized carbons (Fsp3) is 0. The molecule has 0 bridgehead atoms. The van der Waals surface area contributed by atoms with Crippen molar-refractivity contribution in [1.82, 2.24) is 15.0 Å². The van der Waals surface area contributed by atoms with Crippen molar-refractivity contribution in [3.05, 3.63) is 237 Å². The van der Waals surface area contributed by atoms with Crippen LogP contribution < -0.4 is 20.7 Å². The molecule has 0 aliphatic carbocycles. The van der Waals surface area contributed by atoms with Crippen LogP contribution in [0.2, 0.25) is 0 Å². The summed E-state index contributed by atoms with van der Waals surface area (Å²) in [6.07, 6.45) is 0. The number of hydrogen-bond acceptors (Lipinski definition) is 3. The quantitative estimate of drug-likeness (QED) is 0.0874. The topological polar surface area (TPSA) is 38.7 Å². The summed E-state index contributed by atoms with van der Waals surface area (Å²) in [5, 5.41) is 12.7. The van der Waals surface area contributed by atoms with Crippen LogP contribution in [0.15, 0.2) is 237 Å². The van der Waals surface area contributed by atoms with Gasteiger partial charge in [0.2, 0.25) is 0 Å². The maximum Gasteiger partial charge on any atom is 0.179 e. The molecule has 0 unspecified atom stereocenters. The van der Waals surface area contributed by atoms with Crippen LogP contribution in [0.5, 0.6) is 0 Å². The molecule has 0 saturated heterocycles. The smallest absolute Gasteiger partial charge is 0.179 e. The Balaban J connectivity index is 1.10. The molecule has 0 fully saturated rings. The summed E-state index contributed by atoms with van der Waals surface area (Å²) in [4.78, 5) is 15.1. The lowest BCUT2D eigenvalue weighted by molar-refractivity contribution is 1.07. The van der Waals surface area contributed by atoms with Gasteiger partial charge in [0.1, 0.15) is 0 Å². The second-order valence-corrected chi connectivity index (χ2v) is 19.3. The first-order valence-electron chi connectivity index (χ1n) is 20.8. The van der Waals surface area contributed by atoms with E-state index in [-0.39, 0.29) is 0 Å². The van der Waals surface area contributed by atoms with Gasteiger partial charge in [-0.2, -0.15) is 0 Å². The van der Waals surface area contributed by atoms with Crippen LogP contribution in [0.1, 0.15) is 0 Å². The Hall–Kier alpha value is -7.79. The van der Waals surface area contributed by atoms with Gasteiger partial charge in [0.15, 0.2) is 25.5 Å². The summed E-state index contributed by atoms with van der Waals surface area (Å²) in [6, 6.07) is 85.5. The van der Waals surface area contributed by atoms with E-state index in [1.807, 2.05) is 60.7 Å². The van der Waals surface area contributed by atoms with Crippen LogP contribution in [0, 0.1) is 0 Å². The van der Waals surface area contributed by atoms with Gasteiger partial charge in [-0.25, -0.2) is 15.0 Å². The lowest BCUT2D eigenvalue weighted by atomic mass is 9.91. The maximum atomic E-state index is 5.08. The largest absolute Gasteiger partial charge is 0.208 e. The number of hydrogen-bond donors (Lipinski definition) is 0. The lowest BCUT2D eigenvalue weighted by Gasteiger charge is -2.34. The zero-order chi connectivity index (χ0) is 40.6. The van der Waals surface area contributed by atoms with Gasteiger partial charge < -0.3 is 0 Å². The third-order valence-corrected chi connectivity index (χ3v) is 16.8. The summed E-state index contributed by atoms with van der Waals surface area (Å²) in [5.41, 5.74) is 5.23. The molecule has 11 aromatic rings. The average molecular weight is 794 g/mol. The number of rotatable bonds is 8. The molecule has 0 radical (unpaired) electrons. The van der Waals surface area contributed by atoms with E-state index in [9.17, 15) is 0 Å². The van der Waals surface area contributed by atoms with Gasteiger partial charge in [0, 0.05) is 16.7 Å². The first kappa shape index (κ1) is 36.3. The van der Waals surface area contributed by atoms with Crippen LogP contribution in [0.25, 0.3) is 77.6 Å². The highest BCUT2D eigenvalue weighted by molar-refractivity contribution is 7.19. The Kier molecular flexibility index (Phi) is 9.18. The van der Waals surface area contributed by atoms with Crippen molar-refractivity contribution >= 4 is 61.1 Å². The minimum absolute atomic E-state index is 0.646. The van der Waals surface area contributed by atoms with E-state index in [1.54, 1.807) is 0 Å². The molecule has 1 aromatic heterocycles. The van der Waals surface area contributed by atoms with Crippen LogP contribution >= 0.6 is 0 Å². The van der Waals surface area contributed by atoms with Crippen molar-refractivity contribution in [2.75, 3.05) is 0 Å². The number of aromatic nitrogens is 3. The van der Waals surface area contributed by atoms with Gasteiger partial charge in [-0.15, -0.1) is 0 Å². The van der Waals surface area contributed by atoms with Gasteiger partial charge in [-0.3, -0.25) is 0 Å². The molecule has 1 heterocycles. The Labute approximate surface area is 356 Å². The molecule has 3 nitrogen and oxygen atoms in total. The van der Waals surface area contributed by atoms with Gasteiger partial charge in [-0.1, -0.05) is 224 Å². The van der Waals surface area contributed by atoms with E-state index in [0.29, 0.717) is 17.5 Å². The molecule has 0 saturated carbocycles. The van der Waals surface area contributed by atoms with Crippen LogP contribution in [-0.2, 0) is 0 Å². The fourth-order valence-corrected chi connectivity index (χ4v) is 14.0. The van der Waals surface area contributed by atoms with E-state index in [2.05, 4.69) is 176 Å². The summed E-state index contributed by atoms with van der Waals surface area (Å²) >= 11 is 0. The van der Waals surface area contributed by atoms with E-state index in [1.165, 1.54) is 58.8 Å². The average Bonchev–Trinajstić information content (AvgIpc) is 3.35. The van der Waals surface area contributed by atoms with E-state index in [4.69, 9.17) is 15.0 Å². The zero-order valence-corrected chi connectivity index (χ0v) is 34.4. The minimum Gasteiger partial charge on any atom is -0.208 e. The molecule has 11 rings (SSSR count). The first-order chi connectivity index (χ1) is 30.2. The molecule has 0 spiro atoms. The normalized spacial score (nSPS) is 11.6. The van der Waals surface area contributed by atoms with E-state index < -0.39 is 8.07 Å². The number of fused-ring (bicyclic) bond motifs is 6. The zero-order valence-electron chi connectivity index (χ0n) is 33.4. The molecule has 0 amide bonds. The Bertz CT molecular complexity index is 3180. The van der Waals surface area contributed by atoms with Crippen LogP contribution in [0.3, 0.4) is 0 Å². The van der Waals surface area contributed by atoms with Gasteiger partial charge in [0.25, 0.3) is 0 Å². The Morgan fingerprint density at radius 3 is 1.05 bits per heavy atom. The van der Waals surface area contributed by atoms with Crippen molar-refractivity contribution < 1.29 is 0 Å². The molecule has 286 valence electrons. The summed E-state index contributed by atoms with van der Waals surface area (Å²) in [5.74, 6) is 1.95. The highest BCUT2D eigenvalue weighted by Crippen LogP contribution is 2.39. The molecule has 0 aliphatic rings. The van der Waals surface area contributed by atoms with Crippen LogP contribution in [0.4, 0.5) is 0 Å². The van der Waals surface area contributed by atoms with Gasteiger partial charge in [-0.05, 0) is 76.3 Å². The second-order valence-electron chi connectivity index (χ2n) is 15.5. The minimum atomic E-state index is -2.70. The summed E-state index contributed by atoms with van der Waals surface area (Å²) in [6.45, 7) is 0. The summed E-state index contributed by atoms with van der Waals surface area (Å²) in [7, 11) is -2.70. The lowest BCUT2D eigenvalue weighted by Crippen LogP contribution is -2.74. The predicted octanol–water partition coefficient (Wildman–Crippen LogP) is 11.4. The van der Waals surface area contributed by atoms with Gasteiger partial charge >= 0.3 is 0 Å². The van der Waals surface area contributed by atoms with Crippen molar-refractivity contribution in [2.45, 2.75) is 0 Å². The number of nitrogens with zero attached hydrogens (tertiary/aromatic N) is 3. The fourth-order valence-electron chi connectivity index (χ4n) is 9.21. The molecule has 0 N–H and O–H groups in total. The molecule has 0 atom stereocenters. The number of benzene rings is 10. The van der Waals surface area contributed by atoms with Gasteiger partial charge in [0.05, 0.1) is 0 Å². The summed E-state index contributed by atoms with van der Waals surface area (Å²) < 4.78 is 0. The van der Waals surface area contributed by atoms with Crippen molar-refractivity contribution in [3.8, 4) is 45.3 Å². The molecule has 61 heavy (non-hydrogen) atoms. The Morgan fingerprint density at radius 2 is 0.541 bits per heavy atom. The third-order valence-electron chi connectivity index (χ3n) is 12.0. The SMILES string of the molecule is c1ccc(-c2nc(-c3ccccc3)nc(-c3ccc4c5ccccc5c5cc(-c6cccc([Si](c7ccccc7)(c7ccccc7)c7ccccc7)c6)ccc5c4c3)n2)cc1. The Morgan fingerprint density at radius 1 is 0.213 bits per heavy atom. The molecule has 0 aliphatic heterocycles. The van der Waals surface area contributed by atoms with Crippen molar-refractivity contribution in [2.24, 2.45) is 0 Å². The monoisotopic (exact) mass is 793 g/mol. The standard InChI is InChI=1S/C57H39N3Si/c1-6-19-40(20-7-1)55-58-56(41-21-8-2-9-22-41)60-57(59-55)44-34-36-51-49-31-16-17-32-50(49)53-38-43(33-35-52(53)54(51)39-44)42-23-18-30-48(37-42)61(45-24-10-3-11-25-45,46-26-12-4-13-27-46)47-28-14-5-15-29-47/h1-39H. The maximum absolute atomic E-state index is 5.08. The van der Waals surface area contributed by atoms with Crippen molar-refractivity contribution in [1.29, 1.82) is 0 Å². The highest BCUT2D eigenvalue weighted by Gasteiger charge is 2.41. The third kappa shape index (κ3) is 6.42. The molecular weight excluding hydrogens is 755 g/mol. The predicted molar refractivity (Wildman–Crippen MR) is 258 cm³/mol. The molecule has 4 heteroatoms. The first-order valence-corrected chi connectivity index (χ1v) is 22.8. The van der Waals surface area contributed by atoms with E-state index >= 15 is 0 Å². The molecular formula is C57H39N3Si. The van der Waals surface area contributed by atoms with E-state index in [0.717, 1.165) is 22.1 Å². The van der Waals surface area contributed by atoms with Crippen molar-refractivity contribution in [3.63, 3.8) is 0 Å². The highest BCUT2D eigenvalue weighted by atomic mass is 28.3. The second kappa shape index (κ2) is 15.4. The molecule has 10 aromatic carbocycles. The van der Waals surface area contributed by atoms with Crippen LogP contribution in [-0.4, -0.2) is 23.0 Å².